The van der Waals surface area contributed by atoms with Gasteiger partial charge in [0.1, 0.15) is 27.0 Å². The van der Waals surface area contributed by atoms with Gasteiger partial charge in [0.25, 0.3) is 5.91 Å². The SMILES string of the molecule is COCCN(C)S(=O)c1ccc(C(=N)C(=O)Nc2nc3ccc(OCCCN(C)C)nc3s2)cc1. The van der Waals surface area contributed by atoms with Crippen LogP contribution >= 0.6 is 11.3 Å². The van der Waals surface area contributed by atoms with Crippen LogP contribution in [0.2, 0.25) is 0 Å². The number of aromatic nitrogens is 2. The zero-order chi connectivity index (χ0) is 25.4. The van der Waals surface area contributed by atoms with Gasteiger partial charge in [0.2, 0.25) is 5.88 Å². The number of rotatable bonds is 13. The average Bonchev–Trinajstić information content (AvgIpc) is 3.25. The average molecular weight is 519 g/mol. The van der Waals surface area contributed by atoms with E-state index >= 15 is 0 Å². The molecule has 0 radical (unpaired) electrons. The van der Waals surface area contributed by atoms with Gasteiger partial charge in [-0.25, -0.2) is 18.5 Å². The van der Waals surface area contributed by atoms with Crippen LogP contribution in [0.25, 0.3) is 10.3 Å². The molecule has 0 aliphatic heterocycles. The van der Waals surface area contributed by atoms with Crippen LogP contribution in [0.4, 0.5) is 5.13 Å². The maximum Gasteiger partial charge on any atom is 0.275 e. The summed E-state index contributed by atoms with van der Waals surface area (Å²) in [6, 6.07) is 10.1. The quantitative estimate of drug-likeness (QED) is 0.264. The van der Waals surface area contributed by atoms with E-state index in [1.165, 1.54) is 11.3 Å². The van der Waals surface area contributed by atoms with Gasteiger partial charge >= 0.3 is 0 Å². The number of benzene rings is 1. The molecule has 1 amide bonds. The number of nitrogens with zero attached hydrogens (tertiary/aromatic N) is 4. The molecule has 1 aromatic carbocycles. The Balaban J connectivity index is 1.60. The minimum atomic E-state index is -1.36. The smallest absolute Gasteiger partial charge is 0.275 e. The Morgan fingerprint density at radius 3 is 2.51 bits per heavy atom. The Hall–Kier alpha value is -2.77. The molecule has 0 aliphatic carbocycles. The minimum Gasteiger partial charge on any atom is -0.478 e. The van der Waals surface area contributed by atoms with Gasteiger partial charge in [-0.15, -0.1) is 0 Å². The molecule has 188 valence electrons. The summed E-state index contributed by atoms with van der Waals surface area (Å²) in [6.45, 7) is 2.48. The number of carbonyl (C=O) groups excluding carboxylic acids is 1. The summed E-state index contributed by atoms with van der Waals surface area (Å²) in [5.41, 5.74) is 0.838. The molecule has 3 aromatic rings. The van der Waals surface area contributed by atoms with Gasteiger partial charge in [0.15, 0.2) is 5.13 Å². The predicted molar refractivity (Wildman–Crippen MR) is 139 cm³/mol. The van der Waals surface area contributed by atoms with Crippen molar-refractivity contribution in [1.29, 1.82) is 5.41 Å². The van der Waals surface area contributed by atoms with E-state index in [1.54, 1.807) is 54.9 Å². The van der Waals surface area contributed by atoms with Crippen molar-refractivity contribution in [2.45, 2.75) is 11.3 Å². The first-order valence-electron chi connectivity index (χ1n) is 11.0. The molecule has 1 unspecified atom stereocenters. The second-order valence-corrected chi connectivity index (χ2v) is 10.5. The van der Waals surface area contributed by atoms with Gasteiger partial charge in [-0.05, 0) is 38.7 Å². The molecule has 0 aliphatic rings. The van der Waals surface area contributed by atoms with Crippen molar-refractivity contribution in [3.63, 3.8) is 0 Å². The molecule has 2 heterocycles. The Labute approximate surface area is 211 Å². The lowest BCUT2D eigenvalue weighted by molar-refractivity contribution is -0.110. The lowest BCUT2D eigenvalue weighted by Crippen LogP contribution is -2.25. The molecule has 0 bridgehead atoms. The third-order valence-electron chi connectivity index (χ3n) is 4.92. The van der Waals surface area contributed by atoms with Crippen molar-refractivity contribution < 1.29 is 18.5 Å². The Morgan fingerprint density at radius 2 is 1.83 bits per heavy atom. The number of thiazole rings is 1. The monoisotopic (exact) mass is 518 g/mol. The number of ether oxygens (including phenoxy) is 2. The number of fused-ring (bicyclic) bond motifs is 1. The highest BCUT2D eigenvalue weighted by Gasteiger charge is 2.17. The van der Waals surface area contributed by atoms with Crippen LogP contribution in [-0.2, 0) is 20.5 Å². The van der Waals surface area contributed by atoms with Crippen LogP contribution in [0, 0.1) is 5.41 Å². The van der Waals surface area contributed by atoms with Crippen molar-refractivity contribution >= 4 is 49.4 Å². The first-order chi connectivity index (χ1) is 16.8. The highest BCUT2D eigenvalue weighted by Crippen LogP contribution is 2.26. The number of likely N-dealkylation sites (N-methyl/N-ethyl adjacent to an activating group) is 1. The van der Waals surface area contributed by atoms with Crippen LogP contribution in [0.5, 0.6) is 5.88 Å². The van der Waals surface area contributed by atoms with Gasteiger partial charge in [0.05, 0.1) is 18.1 Å². The molecule has 0 fully saturated rings. The van der Waals surface area contributed by atoms with Crippen LogP contribution in [0.15, 0.2) is 41.3 Å². The molecule has 10 nitrogen and oxygen atoms in total. The van der Waals surface area contributed by atoms with Crippen LogP contribution in [0.3, 0.4) is 0 Å². The zero-order valence-corrected chi connectivity index (χ0v) is 21.9. The number of hydrogen-bond donors (Lipinski definition) is 2. The topological polar surface area (TPSA) is 121 Å². The minimum absolute atomic E-state index is 0.216. The third-order valence-corrected chi connectivity index (χ3v) is 7.22. The maximum atomic E-state index is 12.6. The molecule has 2 aromatic heterocycles. The van der Waals surface area contributed by atoms with Crippen molar-refractivity contribution in [2.24, 2.45) is 0 Å². The number of pyridine rings is 1. The predicted octanol–water partition coefficient (Wildman–Crippen LogP) is 2.63. The number of amides is 1. The summed E-state index contributed by atoms with van der Waals surface area (Å²) in [5.74, 6) is -0.0776. The summed E-state index contributed by atoms with van der Waals surface area (Å²) in [6.07, 6.45) is 0.889. The van der Waals surface area contributed by atoms with Crippen molar-refractivity contribution in [3.05, 3.63) is 42.0 Å². The van der Waals surface area contributed by atoms with E-state index in [-0.39, 0.29) is 5.71 Å². The Kier molecular flexibility index (Phi) is 9.81. The summed E-state index contributed by atoms with van der Waals surface area (Å²) < 4.78 is 24.9. The molecular formula is C23H30N6O4S2. The number of carbonyl (C=O) groups is 1. The highest BCUT2D eigenvalue weighted by atomic mass is 32.2. The van der Waals surface area contributed by atoms with Crippen LogP contribution in [0.1, 0.15) is 12.0 Å². The van der Waals surface area contributed by atoms with Crippen molar-refractivity contribution in [1.82, 2.24) is 19.2 Å². The number of methoxy groups -OCH3 is 1. The second kappa shape index (κ2) is 12.8. The van der Waals surface area contributed by atoms with E-state index in [9.17, 15) is 9.00 Å². The van der Waals surface area contributed by atoms with E-state index in [2.05, 4.69) is 20.2 Å². The fourth-order valence-corrected chi connectivity index (χ4v) is 4.80. The first kappa shape index (κ1) is 26.8. The molecule has 1 atom stereocenters. The van der Waals surface area contributed by atoms with Crippen molar-refractivity contribution in [2.75, 3.05) is 59.9 Å². The molecular weight excluding hydrogens is 488 g/mol. The first-order valence-corrected chi connectivity index (χ1v) is 12.9. The van der Waals surface area contributed by atoms with Crippen LogP contribution in [-0.4, -0.2) is 89.6 Å². The zero-order valence-electron chi connectivity index (χ0n) is 20.2. The lowest BCUT2D eigenvalue weighted by Gasteiger charge is -2.15. The summed E-state index contributed by atoms with van der Waals surface area (Å²) in [7, 11) is 6.00. The fourth-order valence-electron chi connectivity index (χ4n) is 3.00. The van der Waals surface area contributed by atoms with Gasteiger partial charge in [-0.2, -0.15) is 0 Å². The second-order valence-electron chi connectivity index (χ2n) is 7.95. The van der Waals surface area contributed by atoms with E-state index < -0.39 is 16.9 Å². The number of nitrogens with one attached hydrogen (secondary N) is 2. The maximum absolute atomic E-state index is 12.6. The molecule has 12 heteroatoms. The molecule has 35 heavy (non-hydrogen) atoms. The normalized spacial score (nSPS) is 12.3. The summed E-state index contributed by atoms with van der Waals surface area (Å²) in [4.78, 5) is 24.8. The summed E-state index contributed by atoms with van der Waals surface area (Å²) >= 11 is 1.22. The lowest BCUT2D eigenvalue weighted by atomic mass is 10.1. The van der Waals surface area contributed by atoms with E-state index in [0.29, 0.717) is 51.6 Å². The van der Waals surface area contributed by atoms with Gasteiger partial charge < -0.3 is 14.4 Å². The fraction of sp³-hybridized carbons (Fsp3) is 0.391. The largest absolute Gasteiger partial charge is 0.478 e. The van der Waals surface area contributed by atoms with Gasteiger partial charge in [-0.3, -0.25) is 15.5 Å². The Bertz CT molecular complexity index is 1180. The van der Waals surface area contributed by atoms with Crippen LogP contribution < -0.4 is 10.1 Å². The third kappa shape index (κ3) is 7.61. The van der Waals surface area contributed by atoms with E-state index in [1.807, 2.05) is 14.1 Å². The van der Waals surface area contributed by atoms with Crippen molar-refractivity contribution in [3.8, 4) is 5.88 Å². The van der Waals surface area contributed by atoms with Gasteiger partial charge in [-0.1, -0.05) is 23.5 Å². The Morgan fingerprint density at radius 1 is 1.09 bits per heavy atom. The van der Waals surface area contributed by atoms with Gasteiger partial charge in [0, 0.05) is 38.9 Å². The standard InChI is InChI=1S/C23H30N6O4S2/c1-28(2)12-5-14-33-19-11-10-18-22(26-19)34-23(25-18)27-21(30)20(24)16-6-8-17(9-7-16)35(31)29(3)13-15-32-4/h6-11,24H,5,12-15H2,1-4H3,(H,25,27,30). The molecule has 0 saturated heterocycles. The van der Waals surface area contributed by atoms with E-state index in [0.717, 1.165) is 13.0 Å². The molecule has 0 spiro atoms. The molecule has 3 rings (SSSR count). The molecule has 2 N–H and O–H groups in total. The number of hydrogen-bond acceptors (Lipinski definition) is 9. The number of anilines is 1. The van der Waals surface area contributed by atoms with E-state index in [4.69, 9.17) is 14.9 Å². The highest BCUT2D eigenvalue weighted by molar-refractivity contribution is 7.82. The molecule has 0 saturated carbocycles. The summed E-state index contributed by atoms with van der Waals surface area (Å²) in [5, 5.41) is 11.3.